The number of hydrogen-bond acceptors (Lipinski definition) is 3. The van der Waals surface area contributed by atoms with Crippen molar-refractivity contribution in [1.82, 2.24) is 5.32 Å². The quantitative estimate of drug-likeness (QED) is 0.791. The van der Waals surface area contributed by atoms with E-state index in [9.17, 15) is 4.79 Å². The summed E-state index contributed by atoms with van der Waals surface area (Å²) in [4.78, 5) is 11.9. The summed E-state index contributed by atoms with van der Waals surface area (Å²) in [5, 5.41) is 3.31. The van der Waals surface area contributed by atoms with Crippen molar-refractivity contribution in [2.24, 2.45) is 5.73 Å². The summed E-state index contributed by atoms with van der Waals surface area (Å²) in [7, 11) is 1.52. The number of hydrogen-bond donors (Lipinski definition) is 2. The van der Waals surface area contributed by atoms with Crippen LogP contribution < -0.4 is 15.8 Å². The van der Waals surface area contributed by atoms with Crippen molar-refractivity contribution in [3.8, 4) is 5.75 Å². The molecule has 0 aliphatic heterocycles. The number of methoxy groups -OCH3 is 1. The molecule has 0 aliphatic rings. The predicted octanol–water partition coefficient (Wildman–Crippen LogP) is 2.24. The fourth-order valence-corrected chi connectivity index (χ4v) is 1.60. The summed E-state index contributed by atoms with van der Waals surface area (Å²) >= 11 is 5.85. The Morgan fingerprint density at radius 2 is 2.17 bits per heavy atom. The van der Waals surface area contributed by atoms with Crippen LogP contribution in [0, 0.1) is 0 Å². The first-order valence-electron chi connectivity index (χ1n) is 5.51. The van der Waals surface area contributed by atoms with Gasteiger partial charge in [-0.2, -0.15) is 0 Å². The third-order valence-electron chi connectivity index (χ3n) is 2.32. The van der Waals surface area contributed by atoms with Gasteiger partial charge in [0.25, 0.3) is 5.91 Å². The Balaban J connectivity index is 0.00000289. The molecule has 3 N–H and O–H groups in total. The van der Waals surface area contributed by atoms with Gasteiger partial charge in [0, 0.05) is 11.6 Å². The van der Waals surface area contributed by atoms with Crippen molar-refractivity contribution in [3.05, 3.63) is 28.8 Å². The molecule has 0 radical (unpaired) electrons. The van der Waals surface area contributed by atoms with Gasteiger partial charge in [-0.15, -0.1) is 12.4 Å². The number of nitrogens with one attached hydrogen (secondary N) is 1. The van der Waals surface area contributed by atoms with Crippen LogP contribution in [0.2, 0.25) is 5.02 Å². The molecule has 0 aromatic heterocycles. The molecule has 6 heteroatoms. The van der Waals surface area contributed by atoms with Gasteiger partial charge in [0.05, 0.1) is 12.7 Å². The van der Waals surface area contributed by atoms with Crippen LogP contribution in [0.4, 0.5) is 0 Å². The average Bonchev–Trinajstić information content (AvgIpc) is 2.34. The first-order chi connectivity index (χ1) is 8.19. The molecule has 0 bridgehead atoms. The lowest BCUT2D eigenvalue weighted by Crippen LogP contribution is -2.25. The molecule has 1 amide bonds. The Morgan fingerprint density at radius 3 is 2.78 bits per heavy atom. The lowest BCUT2D eigenvalue weighted by atomic mass is 10.2. The van der Waals surface area contributed by atoms with Gasteiger partial charge in [-0.05, 0) is 37.6 Å². The molecule has 102 valence electrons. The summed E-state index contributed by atoms with van der Waals surface area (Å²) in [5.41, 5.74) is 5.82. The molecule has 0 saturated carbocycles. The van der Waals surface area contributed by atoms with Crippen molar-refractivity contribution in [3.63, 3.8) is 0 Å². The summed E-state index contributed by atoms with van der Waals surface area (Å²) in [5.74, 6) is 0.340. The summed E-state index contributed by atoms with van der Waals surface area (Å²) < 4.78 is 5.11. The van der Waals surface area contributed by atoms with E-state index in [4.69, 9.17) is 22.1 Å². The van der Waals surface area contributed by atoms with E-state index in [-0.39, 0.29) is 18.3 Å². The molecule has 4 nitrogen and oxygen atoms in total. The molecule has 0 fully saturated rings. The molecule has 1 aromatic rings. The number of amides is 1. The van der Waals surface area contributed by atoms with E-state index in [1.165, 1.54) is 7.11 Å². The Labute approximate surface area is 118 Å². The van der Waals surface area contributed by atoms with Crippen molar-refractivity contribution >= 4 is 29.9 Å². The third-order valence-corrected chi connectivity index (χ3v) is 2.56. The molecule has 0 aliphatic carbocycles. The van der Waals surface area contributed by atoms with E-state index in [1.807, 2.05) is 0 Å². The van der Waals surface area contributed by atoms with Gasteiger partial charge in [0.15, 0.2) is 0 Å². The van der Waals surface area contributed by atoms with Gasteiger partial charge in [-0.3, -0.25) is 4.79 Å². The number of nitrogens with two attached hydrogens (primary N) is 1. The normalized spacial score (nSPS) is 9.50. The van der Waals surface area contributed by atoms with Gasteiger partial charge in [0.2, 0.25) is 0 Å². The average molecular weight is 293 g/mol. The largest absolute Gasteiger partial charge is 0.496 e. The van der Waals surface area contributed by atoms with Crippen LogP contribution in [0.5, 0.6) is 5.75 Å². The zero-order chi connectivity index (χ0) is 12.7. The zero-order valence-corrected chi connectivity index (χ0v) is 11.8. The molecule has 0 spiro atoms. The summed E-state index contributed by atoms with van der Waals surface area (Å²) in [6.45, 7) is 1.24. The van der Waals surface area contributed by atoms with Crippen molar-refractivity contribution in [1.29, 1.82) is 0 Å². The third kappa shape index (κ3) is 5.12. The maximum absolute atomic E-state index is 11.9. The smallest absolute Gasteiger partial charge is 0.255 e. The maximum atomic E-state index is 11.9. The SMILES string of the molecule is COc1ccc(Cl)cc1C(=O)NCCCCN.Cl. The molecule has 0 heterocycles. The van der Waals surface area contributed by atoms with Gasteiger partial charge in [-0.1, -0.05) is 11.6 Å². The minimum Gasteiger partial charge on any atom is -0.496 e. The number of unbranched alkanes of at least 4 members (excludes halogenated alkanes) is 1. The van der Waals surface area contributed by atoms with Crippen LogP contribution in [-0.2, 0) is 0 Å². The van der Waals surface area contributed by atoms with E-state index >= 15 is 0 Å². The fraction of sp³-hybridized carbons (Fsp3) is 0.417. The number of carbonyl (C=O) groups excluding carboxylic acids is 1. The van der Waals surface area contributed by atoms with E-state index < -0.39 is 0 Å². The molecule has 0 saturated heterocycles. The van der Waals surface area contributed by atoms with Crippen LogP contribution in [0.25, 0.3) is 0 Å². The molecule has 18 heavy (non-hydrogen) atoms. The Bertz CT molecular complexity index is 386. The first kappa shape index (κ1) is 17.0. The number of halogens is 2. The second kappa shape index (κ2) is 9.03. The highest BCUT2D eigenvalue weighted by Crippen LogP contribution is 2.22. The maximum Gasteiger partial charge on any atom is 0.255 e. The van der Waals surface area contributed by atoms with Crippen LogP contribution in [0.1, 0.15) is 23.2 Å². The van der Waals surface area contributed by atoms with Crippen molar-refractivity contribution in [2.45, 2.75) is 12.8 Å². The highest BCUT2D eigenvalue weighted by Gasteiger charge is 2.11. The van der Waals surface area contributed by atoms with Crippen molar-refractivity contribution in [2.75, 3.05) is 20.2 Å². The lowest BCUT2D eigenvalue weighted by Gasteiger charge is -2.09. The zero-order valence-electron chi connectivity index (χ0n) is 10.2. The molecular formula is C12H18Cl2N2O2. The molecule has 1 aromatic carbocycles. The minimum atomic E-state index is -0.179. The highest BCUT2D eigenvalue weighted by molar-refractivity contribution is 6.31. The van der Waals surface area contributed by atoms with Crippen LogP contribution in [-0.4, -0.2) is 26.1 Å². The van der Waals surface area contributed by atoms with Crippen LogP contribution in [0.15, 0.2) is 18.2 Å². The second-order valence-corrected chi connectivity index (χ2v) is 4.03. The number of ether oxygens (including phenoxy) is 1. The Kier molecular flexibility index (Phi) is 8.54. The van der Waals surface area contributed by atoms with Crippen LogP contribution in [0.3, 0.4) is 0 Å². The number of benzene rings is 1. The van der Waals surface area contributed by atoms with E-state index in [1.54, 1.807) is 18.2 Å². The monoisotopic (exact) mass is 292 g/mol. The van der Waals surface area contributed by atoms with Gasteiger partial charge >= 0.3 is 0 Å². The lowest BCUT2D eigenvalue weighted by molar-refractivity contribution is 0.0950. The molecule has 0 unspecified atom stereocenters. The minimum absolute atomic E-state index is 0. The topological polar surface area (TPSA) is 64.3 Å². The standard InChI is InChI=1S/C12H17ClN2O2.ClH/c1-17-11-5-4-9(13)8-10(11)12(16)15-7-3-2-6-14;/h4-5,8H,2-3,6-7,14H2,1H3,(H,15,16);1H. The molecule has 0 atom stereocenters. The first-order valence-corrected chi connectivity index (χ1v) is 5.88. The van der Waals surface area contributed by atoms with Gasteiger partial charge < -0.3 is 15.8 Å². The van der Waals surface area contributed by atoms with Crippen LogP contribution >= 0.6 is 24.0 Å². The Hall–Kier alpha value is -0.970. The van der Waals surface area contributed by atoms with E-state index in [0.717, 1.165) is 12.8 Å². The molecule has 1 rings (SSSR count). The van der Waals surface area contributed by atoms with E-state index in [2.05, 4.69) is 5.32 Å². The number of rotatable bonds is 6. The summed E-state index contributed by atoms with van der Waals surface area (Å²) in [6.07, 6.45) is 1.76. The van der Waals surface area contributed by atoms with Gasteiger partial charge in [0.1, 0.15) is 5.75 Å². The molecular weight excluding hydrogens is 275 g/mol. The number of carbonyl (C=O) groups is 1. The van der Waals surface area contributed by atoms with Crippen molar-refractivity contribution < 1.29 is 9.53 Å². The van der Waals surface area contributed by atoms with E-state index in [0.29, 0.717) is 29.4 Å². The second-order valence-electron chi connectivity index (χ2n) is 3.60. The summed E-state index contributed by atoms with van der Waals surface area (Å²) in [6, 6.07) is 4.96. The predicted molar refractivity (Wildman–Crippen MR) is 75.9 cm³/mol. The highest BCUT2D eigenvalue weighted by atomic mass is 35.5. The Morgan fingerprint density at radius 1 is 1.44 bits per heavy atom. The fourth-order valence-electron chi connectivity index (χ4n) is 1.42. The van der Waals surface area contributed by atoms with Gasteiger partial charge in [-0.25, -0.2) is 0 Å².